The number of rotatable bonds is 5. The van der Waals surface area contributed by atoms with E-state index in [1.807, 2.05) is 55.5 Å². The summed E-state index contributed by atoms with van der Waals surface area (Å²) in [5.74, 6) is 5.22. The van der Waals surface area contributed by atoms with Crippen LogP contribution in [0.1, 0.15) is 62.7 Å². The molecule has 4 nitrogen and oxygen atoms in total. The van der Waals surface area contributed by atoms with Gasteiger partial charge in [-0.1, -0.05) is 85.8 Å². The minimum absolute atomic E-state index is 0.163. The van der Waals surface area contributed by atoms with Crippen molar-refractivity contribution in [1.29, 1.82) is 0 Å². The molecule has 0 spiro atoms. The number of cyclic esters (lactones) is 1. The predicted molar refractivity (Wildman–Crippen MR) is 134 cm³/mol. The summed E-state index contributed by atoms with van der Waals surface area (Å²) in [5.41, 5.74) is 2.15. The Morgan fingerprint density at radius 3 is 2.29 bits per heavy atom. The number of nitrogens with zero attached hydrogens (tertiary/aromatic N) is 1. The second kappa shape index (κ2) is 11.4. The van der Waals surface area contributed by atoms with Crippen LogP contribution in [0, 0.1) is 29.6 Å². The Kier molecular flexibility index (Phi) is 8.06. The van der Waals surface area contributed by atoms with Gasteiger partial charge in [0, 0.05) is 19.4 Å². The van der Waals surface area contributed by atoms with Gasteiger partial charge in [0.25, 0.3) is 0 Å². The normalized spacial score (nSPS) is 24.5. The van der Waals surface area contributed by atoms with E-state index in [1.54, 1.807) is 11.9 Å². The fourth-order valence-electron chi connectivity index (χ4n) is 5.32. The van der Waals surface area contributed by atoms with Gasteiger partial charge in [-0.25, -0.2) is 0 Å². The first kappa shape index (κ1) is 24.1. The van der Waals surface area contributed by atoms with E-state index < -0.39 is 18.0 Å². The molecule has 0 aromatic heterocycles. The number of benzene rings is 2. The number of ether oxygens (including phenoxy) is 1. The molecule has 1 saturated carbocycles. The molecular weight excluding hydrogens is 422 g/mol. The third kappa shape index (κ3) is 5.53. The van der Waals surface area contributed by atoms with E-state index >= 15 is 0 Å². The summed E-state index contributed by atoms with van der Waals surface area (Å²) in [5, 5.41) is 0. The number of hydrogen-bond donors (Lipinski definition) is 0. The van der Waals surface area contributed by atoms with Crippen molar-refractivity contribution in [3.63, 3.8) is 0 Å². The summed E-state index contributed by atoms with van der Waals surface area (Å²) in [6.45, 7) is 1.95. The molecule has 2 fully saturated rings. The zero-order valence-electron chi connectivity index (χ0n) is 20.3. The maximum Gasteiger partial charge on any atom is 0.320 e. The molecular formula is C30H35NO3. The zero-order chi connectivity index (χ0) is 23.9. The lowest BCUT2D eigenvalue weighted by atomic mass is 9.73. The summed E-state index contributed by atoms with van der Waals surface area (Å²) in [6, 6.07) is 19.8. The van der Waals surface area contributed by atoms with Crippen LogP contribution in [0.2, 0.25) is 0 Å². The number of carbonyl (C=O) groups excluding carboxylic acids is 2. The summed E-state index contributed by atoms with van der Waals surface area (Å²) < 4.78 is 6.04. The quantitative estimate of drug-likeness (QED) is 0.334. The van der Waals surface area contributed by atoms with Gasteiger partial charge in [0.2, 0.25) is 5.91 Å². The molecule has 0 N–H and O–H groups in total. The highest BCUT2D eigenvalue weighted by Gasteiger charge is 2.47. The van der Waals surface area contributed by atoms with Gasteiger partial charge in [0.15, 0.2) is 0 Å². The molecule has 4 atom stereocenters. The van der Waals surface area contributed by atoms with Gasteiger partial charge >= 0.3 is 5.97 Å². The molecule has 2 aromatic rings. The Morgan fingerprint density at radius 1 is 0.971 bits per heavy atom. The highest BCUT2D eigenvalue weighted by Crippen LogP contribution is 2.38. The van der Waals surface area contributed by atoms with Gasteiger partial charge in [-0.2, -0.15) is 0 Å². The number of likely N-dealkylation sites (N-methyl/N-ethyl adjacent to an activating group) is 1. The molecule has 178 valence electrons. The van der Waals surface area contributed by atoms with Gasteiger partial charge < -0.3 is 9.64 Å². The smallest absolute Gasteiger partial charge is 0.320 e. The highest BCUT2D eigenvalue weighted by molar-refractivity contribution is 5.99. The lowest BCUT2D eigenvalue weighted by molar-refractivity contribution is -0.157. The molecule has 4 rings (SSSR count). The molecule has 1 aliphatic carbocycles. The average Bonchev–Trinajstić information content (AvgIpc) is 2.96. The van der Waals surface area contributed by atoms with E-state index in [0.717, 1.165) is 37.7 Å². The van der Waals surface area contributed by atoms with E-state index in [-0.39, 0.29) is 23.8 Å². The molecule has 0 radical (unpaired) electrons. The molecule has 2 aliphatic rings. The van der Waals surface area contributed by atoms with Crippen LogP contribution in [0.4, 0.5) is 0 Å². The highest BCUT2D eigenvalue weighted by atomic mass is 16.5. The predicted octanol–water partition coefficient (Wildman–Crippen LogP) is 5.58. The molecule has 1 heterocycles. The Hall–Kier alpha value is -3.06. The van der Waals surface area contributed by atoms with Crippen LogP contribution < -0.4 is 0 Å². The number of aryl methyl sites for hydroxylation is 1. The molecule has 34 heavy (non-hydrogen) atoms. The second-order valence-electron chi connectivity index (χ2n) is 9.67. The van der Waals surface area contributed by atoms with Crippen LogP contribution >= 0.6 is 0 Å². The summed E-state index contributed by atoms with van der Waals surface area (Å²) in [4.78, 5) is 28.8. The standard InChI is InChI=1S/C30H35NO3/c1-22-28(25-19-10-5-11-20-25)34-30(33)27(29(32)31(22)2)26(24-17-8-4-9-18-24)21-13-12-16-23-14-6-3-7-15-23/h3,5-7,10-11,14-15,19-20,22,24,26-28H,4,8-9,12,16-18H2,1-2H3/t22-,26+,27?,28-/m0/s1. The molecule has 1 aliphatic heterocycles. The summed E-state index contributed by atoms with van der Waals surface area (Å²) in [7, 11) is 1.79. The first-order chi connectivity index (χ1) is 16.6. The Labute approximate surface area is 203 Å². The third-order valence-electron chi connectivity index (χ3n) is 7.45. The van der Waals surface area contributed by atoms with E-state index in [2.05, 4.69) is 24.0 Å². The van der Waals surface area contributed by atoms with E-state index in [9.17, 15) is 9.59 Å². The van der Waals surface area contributed by atoms with E-state index in [1.165, 1.54) is 12.0 Å². The first-order valence-electron chi connectivity index (χ1n) is 12.6. The Bertz CT molecular complexity index is 1020. The van der Waals surface area contributed by atoms with Crippen LogP contribution in [0.15, 0.2) is 60.7 Å². The van der Waals surface area contributed by atoms with Crippen molar-refractivity contribution < 1.29 is 14.3 Å². The fourth-order valence-corrected chi connectivity index (χ4v) is 5.32. The third-order valence-corrected chi connectivity index (χ3v) is 7.45. The molecule has 1 saturated heterocycles. The monoisotopic (exact) mass is 457 g/mol. The minimum Gasteiger partial charge on any atom is -0.455 e. The number of esters is 1. The number of amides is 1. The SMILES string of the molecule is C[C@H]1[C@@H](c2ccccc2)OC(=O)C([C@H](C#CCCc2ccccc2)C2CCCCC2)C(=O)N1C. The summed E-state index contributed by atoms with van der Waals surface area (Å²) >= 11 is 0. The lowest BCUT2D eigenvalue weighted by Gasteiger charge is -2.32. The molecule has 4 heteroatoms. The van der Waals surface area contributed by atoms with Crippen LogP contribution in [0.3, 0.4) is 0 Å². The van der Waals surface area contributed by atoms with Crippen molar-refractivity contribution in [3.8, 4) is 11.8 Å². The van der Waals surface area contributed by atoms with Crippen molar-refractivity contribution in [2.24, 2.45) is 17.8 Å². The second-order valence-corrected chi connectivity index (χ2v) is 9.67. The van der Waals surface area contributed by atoms with Crippen molar-refractivity contribution in [2.75, 3.05) is 7.05 Å². The van der Waals surface area contributed by atoms with Gasteiger partial charge in [-0.3, -0.25) is 9.59 Å². The topological polar surface area (TPSA) is 46.6 Å². The van der Waals surface area contributed by atoms with Crippen LogP contribution in [0.5, 0.6) is 0 Å². The van der Waals surface area contributed by atoms with Crippen LogP contribution in [-0.4, -0.2) is 29.9 Å². The van der Waals surface area contributed by atoms with Gasteiger partial charge in [0.1, 0.15) is 12.0 Å². The van der Waals surface area contributed by atoms with Crippen molar-refractivity contribution in [2.45, 2.75) is 64.0 Å². The molecule has 1 unspecified atom stereocenters. The maximum absolute atomic E-state index is 13.6. The fraction of sp³-hybridized carbons (Fsp3) is 0.467. The largest absolute Gasteiger partial charge is 0.455 e. The van der Waals surface area contributed by atoms with Gasteiger partial charge in [-0.15, -0.1) is 5.92 Å². The van der Waals surface area contributed by atoms with Gasteiger partial charge in [0.05, 0.1) is 6.04 Å². The van der Waals surface area contributed by atoms with E-state index in [0.29, 0.717) is 6.42 Å². The first-order valence-corrected chi connectivity index (χ1v) is 12.6. The van der Waals surface area contributed by atoms with Gasteiger partial charge in [-0.05, 0) is 43.2 Å². The Balaban J connectivity index is 1.59. The van der Waals surface area contributed by atoms with Crippen molar-refractivity contribution in [1.82, 2.24) is 4.90 Å². The molecule has 1 amide bonds. The number of carbonyl (C=O) groups is 2. The average molecular weight is 458 g/mol. The lowest BCUT2D eigenvalue weighted by Crippen LogP contribution is -2.44. The molecule has 2 aromatic carbocycles. The van der Waals surface area contributed by atoms with Crippen LogP contribution in [0.25, 0.3) is 0 Å². The van der Waals surface area contributed by atoms with E-state index in [4.69, 9.17) is 4.74 Å². The molecule has 0 bridgehead atoms. The summed E-state index contributed by atoms with van der Waals surface area (Å²) in [6.07, 6.45) is 6.58. The van der Waals surface area contributed by atoms with Crippen molar-refractivity contribution >= 4 is 11.9 Å². The maximum atomic E-state index is 13.6. The van der Waals surface area contributed by atoms with Crippen molar-refractivity contribution in [3.05, 3.63) is 71.8 Å². The van der Waals surface area contributed by atoms with Crippen LogP contribution in [-0.2, 0) is 20.7 Å². The zero-order valence-corrected chi connectivity index (χ0v) is 20.3. The minimum atomic E-state index is -0.867. The number of hydrogen-bond acceptors (Lipinski definition) is 3. The Morgan fingerprint density at radius 2 is 1.62 bits per heavy atom.